The van der Waals surface area contributed by atoms with Crippen LogP contribution in [0.15, 0.2) is 61.1 Å². The number of piperazine rings is 1. The summed E-state index contributed by atoms with van der Waals surface area (Å²) in [6.45, 7) is 3.27. The fourth-order valence-corrected chi connectivity index (χ4v) is 3.31. The van der Waals surface area contributed by atoms with Crippen molar-refractivity contribution < 1.29 is 4.79 Å². The number of anilines is 3. The molecule has 0 aliphatic carbocycles. The fourth-order valence-electron chi connectivity index (χ4n) is 3.12. The Balaban J connectivity index is 1.42. The normalized spacial score (nSPS) is 14.0. The van der Waals surface area contributed by atoms with Crippen molar-refractivity contribution >= 4 is 34.8 Å². The third-order valence-electron chi connectivity index (χ3n) is 4.54. The first kappa shape index (κ1) is 18.2. The predicted molar refractivity (Wildman–Crippen MR) is 110 cm³/mol. The van der Waals surface area contributed by atoms with Gasteiger partial charge in [0.15, 0.2) is 0 Å². The fraction of sp³-hybridized carbons (Fsp3) is 0.200. The molecule has 0 radical (unpaired) electrons. The number of carbonyl (C=O) groups excluding carboxylic acids is 1. The molecule has 1 N–H and O–H groups in total. The zero-order chi connectivity index (χ0) is 19.3. The molecule has 0 bridgehead atoms. The number of halogens is 1. The number of nitrogens with one attached hydrogen (secondary N) is 1. The summed E-state index contributed by atoms with van der Waals surface area (Å²) < 4.78 is 0. The second-order valence-corrected chi connectivity index (χ2v) is 6.82. The average Bonchev–Trinajstić information content (AvgIpc) is 2.75. The summed E-state index contributed by atoms with van der Waals surface area (Å²) in [5.41, 5.74) is 1.98. The summed E-state index contributed by atoms with van der Waals surface area (Å²) in [4.78, 5) is 29.8. The lowest BCUT2D eigenvalue weighted by Crippen LogP contribution is -2.47. The van der Waals surface area contributed by atoms with Gasteiger partial charge in [-0.1, -0.05) is 17.7 Å². The zero-order valence-electron chi connectivity index (χ0n) is 15.1. The van der Waals surface area contributed by atoms with Gasteiger partial charge in [-0.25, -0.2) is 9.97 Å². The second kappa shape index (κ2) is 8.22. The smallest absolute Gasteiger partial charge is 0.274 e. The van der Waals surface area contributed by atoms with Crippen molar-refractivity contribution in [2.45, 2.75) is 0 Å². The highest BCUT2D eigenvalue weighted by atomic mass is 35.5. The lowest BCUT2D eigenvalue weighted by atomic mass is 10.2. The van der Waals surface area contributed by atoms with Gasteiger partial charge < -0.3 is 15.1 Å². The second-order valence-electron chi connectivity index (χ2n) is 6.39. The van der Waals surface area contributed by atoms with E-state index in [-0.39, 0.29) is 5.91 Å². The van der Waals surface area contributed by atoms with E-state index in [1.807, 2.05) is 18.2 Å². The number of nitrogens with zero attached hydrogens (tertiary/aromatic N) is 5. The molecule has 1 aromatic carbocycles. The van der Waals surface area contributed by atoms with Crippen LogP contribution >= 0.6 is 11.6 Å². The van der Waals surface area contributed by atoms with E-state index in [0.29, 0.717) is 16.4 Å². The van der Waals surface area contributed by atoms with Gasteiger partial charge in [-0.2, -0.15) is 0 Å². The maximum atomic E-state index is 12.5. The summed E-state index contributed by atoms with van der Waals surface area (Å²) in [6, 6.07) is 12.6. The molecule has 1 amide bonds. The van der Waals surface area contributed by atoms with Crippen molar-refractivity contribution in [3.63, 3.8) is 0 Å². The first-order valence-corrected chi connectivity index (χ1v) is 9.37. The van der Waals surface area contributed by atoms with Gasteiger partial charge in [-0.05, 0) is 36.4 Å². The van der Waals surface area contributed by atoms with E-state index in [9.17, 15) is 4.79 Å². The summed E-state index contributed by atoms with van der Waals surface area (Å²) >= 11 is 5.97. The van der Waals surface area contributed by atoms with E-state index in [2.05, 4.69) is 30.1 Å². The van der Waals surface area contributed by atoms with Gasteiger partial charge in [-0.3, -0.25) is 9.78 Å². The van der Waals surface area contributed by atoms with Crippen molar-refractivity contribution in [1.29, 1.82) is 0 Å². The molecule has 0 atom stereocenters. The summed E-state index contributed by atoms with van der Waals surface area (Å²) in [5, 5.41) is 3.40. The molecule has 0 saturated carbocycles. The molecule has 8 heteroatoms. The van der Waals surface area contributed by atoms with Crippen LogP contribution in [0.2, 0.25) is 5.02 Å². The number of rotatable bonds is 4. The standard InChI is InChI=1S/C20H19ClN6O/c21-15-3-1-4-16(13-15)25-19(28)18-14-17(5-8-22-18)26-9-11-27(12-10-26)20-23-6-2-7-24-20/h1-8,13-14H,9-12H2,(H,25,28). The Kier molecular flexibility index (Phi) is 5.34. The molecule has 3 heterocycles. The number of hydrogen-bond acceptors (Lipinski definition) is 6. The van der Waals surface area contributed by atoms with Gasteiger partial charge in [0.1, 0.15) is 5.69 Å². The molecule has 28 heavy (non-hydrogen) atoms. The Morgan fingerprint density at radius 1 is 0.893 bits per heavy atom. The highest BCUT2D eigenvalue weighted by molar-refractivity contribution is 6.30. The maximum Gasteiger partial charge on any atom is 0.274 e. The third kappa shape index (κ3) is 4.20. The summed E-state index contributed by atoms with van der Waals surface area (Å²) in [5.74, 6) is 0.485. The number of amides is 1. The van der Waals surface area contributed by atoms with Crippen LogP contribution in [0, 0.1) is 0 Å². The number of hydrogen-bond donors (Lipinski definition) is 1. The van der Waals surface area contributed by atoms with E-state index in [0.717, 1.165) is 37.8 Å². The van der Waals surface area contributed by atoms with Crippen molar-refractivity contribution in [2.24, 2.45) is 0 Å². The van der Waals surface area contributed by atoms with Crippen LogP contribution in [0.3, 0.4) is 0 Å². The van der Waals surface area contributed by atoms with E-state index < -0.39 is 0 Å². The van der Waals surface area contributed by atoms with Gasteiger partial charge in [0, 0.05) is 61.2 Å². The van der Waals surface area contributed by atoms with E-state index >= 15 is 0 Å². The molecule has 4 rings (SSSR count). The molecule has 1 saturated heterocycles. The van der Waals surface area contributed by atoms with E-state index in [1.54, 1.807) is 42.9 Å². The van der Waals surface area contributed by atoms with Crippen LogP contribution in [0.1, 0.15) is 10.5 Å². The molecule has 0 unspecified atom stereocenters. The monoisotopic (exact) mass is 394 g/mol. The maximum absolute atomic E-state index is 12.5. The molecule has 142 valence electrons. The minimum atomic E-state index is -0.263. The van der Waals surface area contributed by atoms with Crippen molar-refractivity contribution in [3.05, 3.63) is 71.8 Å². The lowest BCUT2D eigenvalue weighted by Gasteiger charge is -2.36. The van der Waals surface area contributed by atoms with Gasteiger partial charge in [0.2, 0.25) is 5.95 Å². The van der Waals surface area contributed by atoms with Crippen molar-refractivity contribution in [3.8, 4) is 0 Å². The number of pyridine rings is 1. The van der Waals surface area contributed by atoms with Crippen LogP contribution < -0.4 is 15.1 Å². The molecular weight excluding hydrogens is 376 g/mol. The highest BCUT2D eigenvalue weighted by Gasteiger charge is 2.20. The first-order valence-electron chi connectivity index (χ1n) is 8.99. The van der Waals surface area contributed by atoms with Gasteiger partial charge in [0.05, 0.1) is 0 Å². The average molecular weight is 395 g/mol. The molecule has 2 aromatic heterocycles. The Labute approximate surface area is 168 Å². The lowest BCUT2D eigenvalue weighted by molar-refractivity contribution is 0.102. The van der Waals surface area contributed by atoms with Crippen molar-refractivity contribution in [2.75, 3.05) is 41.3 Å². The van der Waals surface area contributed by atoms with E-state index in [4.69, 9.17) is 11.6 Å². The number of carbonyl (C=O) groups is 1. The minimum absolute atomic E-state index is 0.263. The summed E-state index contributed by atoms with van der Waals surface area (Å²) in [6.07, 6.45) is 5.17. The largest absolute Gasteiger partial charge is 0.368 e. The van der Waals surface area contributed by atoms with Crippen LogP contribution in [-0.4, -0.2) is 47.0 Å². The Hall–Kier alpha value is -3.19. The van der Waals surface area contributed by atoms with Crippen LogP contribution in [0.25, 0.3) is 0 Å². The zero-order valence-corrected chi connectivity index (χ0v) is 15.9. The first-order chi connectivity index (χ1) is 13.7. The molecule has 0 spiro atoms. The van der Waals surface area contributed by atoms with Gasteiger partial charge in [-0.15, -0.1) is 0 Å². The summed E-state index contributed by atoms with van der Waals surface area (Å²) in [7, 11) is 0. The molecule has 1 fully saturated rings. The molecular formula is C20H19ClN6O. The van der Waals surface area contributed by atoms with E-state index in [1.165, 1.54) is 0 Å². The van der Waals surface area contributed by atoms with Crippen LogP contribution in [0.4, 0.5) is 17.3 Å². The Bertz CT molecular complexity index is 960. The molecule has 7 nitrogen and oxygen atoms in total. The van der Waals surface area contributed by atoms with Crippen molar-refractivity contribution in [1.82, 2.24) is 15.0 Å². The molecule has 1 aliphatic rings. The molecule has 1 aliphatic heterocycles. The Morgan fingerprint density at radius 2 is 1.64 bits per heavy atom. The quantitative estimate of drug-likeness (QED) is 0.733. The topological polar surface area (TPSA) is 74.2 Å². The predicted octanol–water partition coefficient (Wildman–Crippen LogP) is 3.10. The van der Waals surface area contributed by atoms with Crippen LogP contribution in [0.5, 0.6) is 0 Å². The minimum Gasteiger partial charge on any atom is -0.368 e. The van der Waals surface area contributed by atoms with Gasteiger partial charge in [0.25, 0.3) is 5.91 Å². The SMILES string of the molecule is O=C(Nc1cccc(Cl)c1)c1cc(N2CCN(c3ncccn3)CC2)ccn1. The Morgan fingerprint density at radius 3 is 2.39 bits per heavy atom. The number of benzene rings is 1. The highest BCUT2D eigenvalue weighted by Crippen LogP contribution is 2.20. The van der Waals surface area contributed by atoms with Crippen LogP contribution in [-0.2, 0) is 0 Å². The number of aromatic nitrogens is 3. The third-order valence-corrected chi connectivity index (χ3v) is 4.77. The molecule has 3 aromatic rings. The van der Waals surface area contributed by atoms with Gasteiger partial charge >= 0.3 is 0 Å².